The van der Waals surface area contributed by atoms with Crippen LogP contribution in [0.5, 0.6) is 23.0 Å². The molecule has 0 N–H and O–H groups in total. The zero-order valence-electron chi connectivity index (χ0n) is 11.7. The van der Waals surface area contributed by atoms with E-state index in [9.17, 15) is 0 Å². The van der Waals surface area contributed by atoms with Crippen LogP contribution in [0.25, 0.3) is 0 Å². The molecule has 0 spiro atoms. The minimum absolute atomic E-state index is 0.429. The van der Waals surface area contributed by atoms with Crippen molar-refractivity contribution in [2.75, 3.05) is 27.4 Å². The molecule has 4 heteroatoms. The fraction of sp³-hybridized carbons (Fsp3) is 0.250. The number of hydrogen-bond donors (Lipinski definition) is 0. The first-order valence-electron chi connectivity index (χ1n) is 6.37. The SMILES string of the molecule is COc1ccccc1OCCOc1ccccc1OC. The number of para-hydroxylation sites is 4. The molecule has 4 nitrogen and oxygen atoms in total. The van der Waals surface area contributed by atoms with Gasteiger partial charge in [-0.2, -0.15) is 0 Å². The molecule has 0 aliphatic heterocycles. The third-order valence-corrected chi connectivity index (χ3v) is 2.74. The van der Waals surface area contributed by atoms with Crippen LogP contribution in [0.3, 0.4) is 0 Å². The number of methoxy groups -OCH3 is 2. The summed E-state index contributed by atoms with van der Waals surface area (Å²) in [5.41, 5.74) is 0. The van der Waals surface area contributed by atoms with E-state index in [0.29, 0.717) is 36.2 Å². The molecule has 106 valence electrons. The highest BCUT2D eigenvalue weighted by atomic mass is 16.5. The van der Waals surface area contributed by atoms with Crippen molar-refractivity contribution in [3.8, 4) is 23.0 Å². The molecule has 2 aromatic rings. The first-order chi connectivity index (χ1) is 9.85. The van der Waals surface area contributed by atoms with E-state index < -0.39 is 0 Å². The van der Waals surface area contributed by atoms with Gasteiger partial charge in [-0.15, -0.1) is 0 Å². The number of hydrogen-bond acceptors (Lipinski definition) is 4. The van der Waals surface area contributed by atoms with E-state index in [1.165, 1.54) is 0 Å². The van der Waals surface area contributed by atoms with E-state index in [1.54, 1.807) is 14.2 Å². The molecule has 0 saturated heterocycles. The van der Waals surface area contributed by atoms with Gasteiger partial charge in [0.2, 0.25) is 0 Å². The van der Waals surface area contributed by atoms with Crippen molar-refractivity contribution in [2.45, 2.75) is 0 Å². The van der Waals surface area contributed by atoms with Gasteiger partial charge in [-0.1, -0.05) is 24.3 Å². The normalized spacial score (nSPS) is 9.90. The van der Waals surface area contributed by atoms with Gasteiger partial charge < -0.3 is 18.9 Å². The van der Waals surface area contributed by atoms with Gasteiger partial charge in [0.05, 0.1) is 14.2 Å². The largest absolute Gasteiger partial charge is 0.493 e. The third-order valence-electron chi connectivity index (χ3n) is 2.74. The first kappa shape index (κ1) is 14.1. The van der Waals surface area contributed by atoms with Gasteiger partial charge in [-0.25, -0.2) is 0 Å². The maximum Gasteiger partial charge on any atom is 0.161 e. The highest BCUT2D eigenvalue weighted by molar-refractivity contribution is 5.40. The lowest BCUT2D eigenvalue weighted by atomic mass is 10.3. The van der Waals surface area contributed by atoms with Gasteiger partial charge in [0.25, 0.3) is 0 Å². The van der Waals surface area contributed by atoms with Crippen LogP contribution in [-0.4, -0.2) is 27.4 Å². The zero-order valence-corrected chi connectivity index (χ0v) is 11.7. The molecule has 2 rings (SSSR count). The molecule has 20 heavy (non-hydrogen) atoms. The summed E-state index contributed by atoms with van der Waals surface area (Å²) in [6.45, 7) is 0.858. The molecule has 0 fully saturated rings. The Balaban J connectivity index is 1.84. The summed E-state index contributed by atoms with van der Waals surface area (Å²) in [6, 6.07) is 15.0. The van der Waals surface area contributed by atoms with E-state index in [2.05, 4.69) is 0 Å². The van der Waals surface area contributed by atoms with E-state index in [0.717, 1.165) is 0 Å². The van der Waals surface area contributed by atoms with Crippen molar-refractivity contribution in [3.05, 3.63) is 48.5 Å². The second-order valence-electron chi connectivity index (χ2n) is 4.00. The molecule has 2 aromatic carbocycles. The highest BCUT2D eigenvalue weighted by Crippen LogP contribution is 2.27. The fourth-order valence-corrected chi connectivity index (χ4v) is 1.78. The van der Waals surface area contributed by atoms with Crippen LogP contribution in [-0.2, 0) is 0 Å². The van der Waals surface area contributed by atoms with Crippen molar-refractivity contribution < 1.29 is 18.9 Å². The highest BCUT2D eigenvalue weighted by Gasteiger charge is 2.04. The van der Waals surface area contributed by atoms with Crippen molar-refractivity contribution in [2.24, 2.45) is 0 Å². The van der Waals surface area contributed by atoms with Crippen molar-refractivity contribution in [1.29, 1.82) is 0 Å². The lowest BCUT2D eigenvalue weighted by Crippen LogP contribution is -2.10. The standard InChI is InChI=1S/C16H18O4/c1-17-13-7-3-5-9-15(13)19-11-12-20-16-10-6-4-8-14(16)18-2/h3-10H,11-12H2,1-2H3. The van der Waals surface area contributed by atoms with Crippen LogP contribution in [0.1, 0.15) is 0 Å². The van der Waals surface area contributed by atoms with Crippen molar-refractivity contribution in [1.82, 2.24) is 0 Å². The molecule has 0 atom stereocenters. The van der Waals surface area contributed by atoms with Crippen LogP contribution in [0.15, 0.2) is 48.5 Å². The summed E-state index contributed by atoms with van der Waals surface area (Å²) in [5, 5.41) is 0. The van der Waals surface area contributed by atoms with E-state index >= 15 is 0 Å². The van der Waals surface area contributed by atoms with Crippen LogP contribution < -0.4 is 18.9 Å². The van der Waals surface area contributed by atoms with Gasteiger partial charge in [-0.05, 0) is 24.3 Å². The minimum atomic E-state index is 0.429. The van der Waals surface area contributed by atoms with Gasteiger partial charge >= 0.3 is 0 Å². The maximum absolute atomic E-state index is 5.63. The topological polar surface area (TPSA) is 36.9 Å². The lowest BCUT2D eigenvalue weighted by molar-refractivity contribution is 0.206. The van der Waals surface area contributed by atoms with E-state index in [-0.39, 0.29) is 0 Å². The Bertz CT molecular complexity index is 490. The monoisotopic (exact) mass is 274 g/mol. The third kappa shape index (κ3) is 3.57. The Morgan fingerprint density at radius 3 is 1.30 bits per heavy atom. The summed E-state index contributed by atoms with van der Waals surface area (Å²) in [4.78, 5) is 0. The average Bonchev–Trinajstić information content (AvgIpc) is 2.52. The Kier molecular flexibility index (Phi) is 5.12. The predicted molar refractivity (Wildman–Crippen MR) is 77.0 cm³/mol. The van der Waals surface area contributed by atoms with Crippen LogP contribution in [0.4, 0.5) is 0 Å². The van der Waals surface area contributed by atoms with Gasteiger partial charge in [0, 0.05) is 0 Å². The molecule has 0 aliphatic carbocycles. The summed E-state index contributed by atoms with van der Waals surface area (Å²) in [6.07, 6.45) is 0. The van der Waals surface area contributed by atoms with Crippen LogP contribution in [0, 0.1) is 0 Å². The summed E-state index contributed by atoms with van der Waals surface area (Å²) < 4.78 is 21.7. The van der Waals surface area contributed by atoms with Crippen LogP contribution >= 0.6 is 0 Å². The molecular formula is C16H18O4. The number of rotatable bonds is 7. The Hall–Kier alpha value is -2.36. The second-order valence-corrected chi connectivity index (χ2v) is 4.00. The van der Waals surface area contributed by atoms with Crippen molar-refractivity contribution >= 4 is 0 Å². The Labute approximate surface area is 118 Å². The lowest BCUT2D eigenvalue weighted by Gasteiger charge is -2.12. The molecule has 0 unspecified atom stereocenters. The molecule has 0 heterocycles. The number of benzene rings is 2. The summed E-state index contributed by atoms with van der Waals surface area (Å²) >= 11 is 0. The van der Waals surface area contributed by atoms with Crippen LogP contribution in [0.2, 0.25) is 0 Å². The Morgan fingerprint density at radius 2 is 0.950 bits per heavy atom. The average molecular weight is 274 g/mol. The molecule has 0 aromatic heterocycles. The zero-order chi connectivity index (χ0) is 14.2. The maximum atomic E-state index is 5.63. The number of ether oxygens (including phenoxy) is 4. The molecule has 0 saturated carbocycles. The molecular weight excluding hydrogens is 256 g/mol. The first-order valence-corrected chi connectivity index (χ1v) is 6.37. The molecule has 0 radical (unpaired) electrons. The van der Waals surface area contributed by atoms with Gasteiger partial charge in [-0.3, -0.25) is 0 Å². The fourth-order valence-electron chi connectivity index (χ4n) is 1.78. The quantitative estimate of drug-likeness (QED) is 0.727. The smallest absolute Gasteiger partial charge is 0.161 e. The van der Waals surface area contributed by atoms with Crippen molar-refractivity contribution in [3.63, 3.8) is 0 Å². The molecule has 0 bridgehead atoms. The molecule has 0 amide bonds. The Morgan fingerprint density at radius 1 is 0.600 bits per heavy atom. The predicted octanol–water partition coefficient (Wildman–Crippen LogP) is 3.16. The van der Waals surface area contributed by atoms with E-state index in [4.69, 9.17) is 18.9 Å². The summed E-state index contributed by atoms with van der Waals surface area (Å²) in [7, 11) is 3.24. The van der Waals surface area contributed by atoms with Gasteiger partial charge in [0.1, 0.15) is 13.2 Å². The second kappa shape index (κ2) is 7.28. The van der Waals surface area contributed by atoms with E-state index in [1.807, 2.05) is 48.5 Å². The summed E-state index contributed by atoms with van der Waals surface area (Å²) in [5.74, 6) is 2.84. The minimum Gasteiger partial charge on any atom is -0.493 e. The molecule has 0 aliphatic rings. The van der Waals surface area contributed by atoms with Gasteiger partial charge in [0.15, 0.2) is 23.0 Å².